The minimum atomic E-state index is -0.623. The summed E-state index contributed by atoms with van der Waals surface area (Å²) >= 11 is 0. The van der Waals surface area contributed by atoms with Crippen molar-refractivity contribution >= 4 is 5.97 Å². The van der Waals surface area contributed by atoms with Gasteiger partial charge in [-0.25, -0.2) is 4.79 Å². The molecule has 150 valence electrons. The van der Waals surface area contributed by atoms with E-state index in [2.05, 4.69) is 0 Å². The number of aliphatic hydroxyl groups excluding tert-OH is 1. The maximum Gasteiger partial charge on any atom is 0.338 e. The van der Waals surface area contributed by atoms with Gasteiger partial charge in [0.25, 0.3) is 0 Å². The number of hydrogen-bond donors (Lipinski definition) is 1. The van der Waals surface area contributed by atoms with Crippen molar-refractivity contribution in [1.29, 1.82) is 0 Å². The minimum Gasteiger partial charge on any atom is -0.456 e. The molecule has 27 heavy (non-hydrogen) atoms. The summed E-state index contributed by atoms with van der Waals surface area (Å²) in [5.41, 5.74) is 0.528. The number of aliphatic hydroxyl groups is 1. The predicted octanol–water partition coefficient (Wildman–Crippen LogP) is 1.78. The number of carbonyl (C=O) groups excluding carboxylic acids is 1. The molecule has 2 aliphatic rings. The smallest absolute Gasteiger partial charge is 0.338 e. The van der Waals surface area contributed by atoms with E-state index in [9.17, 15) is 9.90 Å². The van der Waals surface area contributed by atoms with Crippen molar-refractivity contribution in [1.82, 2.24) is 0 Å². The molecule has 6 atom stereocenters. The summed E-state index contributed by atoms with van der Waals surface area (Å²) in [7, 11) is 0. The van der Waals surface area contributed by atoms with Crippen LogP contribution in [0.2, 0.25) is 0 Å². The van der Waals surface area contributed by atoms with Gasteiger partial charge in [0.05, 0.1) is 37.6 Å². The largest absolute Gasteiger partial charge is 0.456 e. The van der Waals surface area contributed by atoms with Crippen molar-refractivity contribution < 1.29 is 33.6 Å². The maximum atomic E-state index is 12.2. The second-order valence-electron chi connectivity index (χ2n) is 7.01. The summed E-state index contributed by atoms with van der Waals surface area (Å²) < 4.78 is 27.8. The molecule has 0 aliphatic carbocycles. The first-order valence-corrected chi connectivity index (χ1v) is 9.46. The third-order valence-corrected chi connectivity index (χ3v) is 5.20. The van der Waals surface area contributed by atoms with Crippen LogP contribution in [0.3, 0.4) is 0 Å². The van der Waals surface area contributed by atoms with Gasteiger partial charge in [-0.1, -0.05) is 32.0 Å². The second kappa shape index (κ2) is 9.61. The fraction of sp³-hybridized carbons (Fsp3) is 0.650. The Labute approximate surface area is 159 Å². The van der Waals surface area contributed by atoms with Gasteiger partial charge in [-0.05, 0) is 18.6 Å². The molecule has 0 radical (unpaired) electrons. The topological polar surface area (TPSA) is 83.5 Å². The molecule has 0 amide bonds. The Morgan fingerprint density at radius 3 is 2.56 bits per heavy atom. The van der Waals surface area contributed by atoms with Gasteiger partial charge in [0, 0.05) is 5.92 Å². The molecule has 1 N–H and O–H groups in total. The molecule has 3 rings (SSSR count). The lowest BCUT2D eigenvalue weighted by Gasteiger charge is -2.20. The minimum absolute atomic E-state index is 0.0162. The number of hydrogen-bond acceptors (Lipinski definition) is 7. The lowest BCUT2D eigenvalue weighted by molar-refractivity contribution is -0.129. The number of benzene rings is 1. The Bertz CT molecular complexity index is 593. The van der Waals surface area contributed by atoms with Crippen LogP contribution in [0.1, 0.15) is 30.6 Å². The standard InChI is InChI=1S/C20H28O7/c1-3-15-19(21)18(11-24-15)26-12-23-9-16-13(2)17(10-25-16)27-20(22)14-7-5-4-6-8-14/h4-8,13,15-19,21H,3,9-12H2,1-2H3/t13-,15+,16+,17?,18?,19-/m0/s1. The highest BCUT2D eigenvalue weighted by Gasteiger charge is 2.38. The first-order valence-electron chi connectivity index (χ1n) is 9.46. The van der Waals surface area contributed by atoms with E-state index in [-0.39, 0.29) is 43.1 Å². The zero-order chi connectivity index (χ0) is 19.2. The lowest BCUT2D eigenvalue weighted by atomic mass is 10.0. The van der Waals surface area contributed by atoms with E-state index < -0.39 is 6.10 Å². The van der Waals surface area contributed by atoms with Crippen molar-refractivity contribution in [2.75, 3.05) is 26.6 Å². The summed E-state index contributed by atoms with van der Waals surface area (Å²) in [5.74, 6) is -0.329. The van der Waals surface area contributed by atoms with Crippen molar-refractivity contribution in [2.24, 2.45) is 5.92 Å². The van der Waals surface area contributed by atoms with E-state index in [0.29, 0.717) is 25.4 Å². The Morgan fingerprint density at radius 1 is 1.15 bits per heavy atom. The van der Waals surface area contributed by atoms with Gasteiger partial charge in [0.1, 0.15) is 25.1 Å². The van der Waals surface area contributed by atoms with Crippen LogP contribution in [0.15, 0.2) is 30.3 Å². The molecule has 1 aromatic rings. The fourth-order valence-corrected chi connectivity index (χ4v) is 3.34. The Hall–Kier alpha value is -1.51. The first kappa shape index (κ1) is 20.2. The average Bonchev–Trinajstić information content (AvgIpc) is 3.22. The summed E-state index contributed by atoms with van der Waals surface area (Å²) in [6.45, 7) is 5.06. The monoisotopic (exact) mass is 380 g/mol. The van der Waals surface area contributed by atoms with Gasteiger partial charge >= 0.3 is 5.97 Å². The molecular formula is C20H28O7. The van der Waals surface area contributed by atoms with E-state index in [1.165, 1.54) is 0 Å². The van der Waals surface area contributed by atoms with E-state index in [0.717, 1.165) is 6.42 Å². The van der Waals surface area contributed by atoms with Crippen LogP contribution in [0.25, 0.3) is 0 Å². The fourth-order valence-electron chi connectivity index (χ4n) is 3.34. The number of rotatable bonds is 8. The Morgan fingerprint density at radius 2 is 1.85 bits per heavy atom. The maximum absolute atomic E-state index is 12.2. The average molecular weight is 380 g/mol. The van der Waals surface area contributed by atoms with E-state index in [4.69, 9.17) is 23.7 Å². The summed E-state index contributed by atoms with van der Waals surface area (Å²) in [6.07, 6.45) is -0.886. The summed E-state index contributed by atoms with van der Waals surface area (Å²) in [5, 5.41) is 10.0. The zero-order valence-electron chi connectivity index (χ0n) is 15.8. The molecule has 2 fully saturated rings. The first-order chi connectivity index (χ1) is 13.1. The molecule has 2 aliphatic heterocycles. The lowest BCUT2D eigenvalue weighted by Crippen LogP contribution is -2.33. The molecule has 0 saturated carbocycles. The van der Waals surface area contributed by atoms with Gasteiger partial charge in [-0.2, -0.15) is 0 Å². The second-order valence-corrected chi connectivity index (χ2v) is 7.01. The third-order valence-electron chi connectivity index (χ3n) is 5.20. The van der Waals surface area contributed by atoms with Crippen molar-refractivity contribution in [3.63, 3.8) is 0 Å². The molecule has 2 saturated heterocycles. The number of ether oxygens (including phenoxy) is 5. The molecule has 0 spiro atoms. The highest BCUT2D eigenvalue weighted by Crippen LogP contribution is 2.25. The SMILES string of the molecule is CC[C@H]1OCC(OCOC[C@H]2OCC(OC(=O)c3ccccc3)[C@H]2C)[C@H]1O. The predicted molar refractivity (Wildman–Crippen MR) is 96.3 cm³/mol. The molecule has 2 unspecified atom stereocenters. The zero-order valence-corrected chi connectivity index (χ0v) is 15.8. The Kier molecular flexibility index (Phi) is 7.20. The summed E-state index contributed by atoms with van der Waals surface area (Å²) in [4.78, 5) is 12.2. The highest BCUT2D eigenvalue weighted by atomic mass is 16.7. The van der Waals surface area contributed by atoms with Crippen LogP contribution in [-0.4, -0.2) is 68.2 Å². The van der Waals surface area contributed by atoms with Crippen LogP contribution in [-0.2, 0) is 23.7 Å². The Balaban J connectivity index is 1.36. The third kappa shape index (κ3) is 5.06. The molecule has 2 heterocycles. The van der Waals surface area contributed by atoms with Gasteiger partial charge in [0.2, 0.25) is 0 Å². The van der Waals surface area contributed by atoms with Crippen LogP contribution >= 0.6 is 0 Å². The van der Waals surface area contributed by atoms with E-state index in [1.807, 2.05) is 19.9 Å². The van der Waals surface area contributed by atoms with Crippen molar-refractivity contribution in [3.8, 4) is 0 Å². The van der Waals surface area contributed by atoms with Crippen molar-refractivity contribution in [3.05, 3.63) is 35.9 Å². The molecule has 1 aromatic carbocycles. The number of esters is 1. The van der Waals surface area contributed by atoms with Crippen LogP contribution in [0.5, 0.6) is 0 Å². The van der Waals surface area contributed by atoms with Gasteiger partial charge < -0.3 is 28.8 Å². The molecular weight excluding hydrogens is 352 g/mol. The normalized spacial score (nSPS) is 33.3. The van der Waals surface area contributed by atoms with Crippen LogP contribution in [0.4, 0.5) is 0 Å². The van der Waals surface area contributed by atoms with Crippen LogP contribution in [0, 0.1) is 5.92 Å². The van der Waals surface area contributed by atoms with Gasteiger partial charge in [-0.15, -0.1) is 0 Å². The van der Waals surface area contributed by atoms with Gasteiger partial charge in [0.15, 0.2) is 0 Å². The van der Waals surface area contributed by atoms with Crippen molar-refractivity contribution in [2.45, 2.75) is 50.8 Å². The highest BCUT2D eigenvalue weighted by molar-refractivity contribution is 5.89. The van der Waals surface area contributed by atoms with E-state index in [1.54, 1.807) is 24.3 Å². The molecule has 7 nitrogen and oxygen atoms in total. The van der Waals surface area contributed by atoms with E-state index >= 15 is 0 Å². The number of carbonyl (C=O) groups is 1. The molecule has 0 aromatic heterocycles. The molecule has 0 bridgehead atoms. The quantitative estimate of drug-likeness (QED) is 0.418. The summed E-state index contributed by atoms with van der Waals surface area (Å²) in [6, 6.07) is 8.91. The van der Waals surface area contributed by atoms with Gasteiger partial charge in [-0.3, -0.25) is 0 Å². The molecule has 7 heteroatoms. The van der Waals surface area contributed by atoms with Crippen LogP contribution < -0.4 is 0 Å².